The van der Waals surface area contributed by atoms with Gasteiger partial charge in [0.25, 0.3) is 0 Å². The van der Waals surface area contributed by atoms with Gasteiger partial charge in [0.2, 0.25) is 11.8 Å². The van der Waals surface area contributed by atoms with Gasteiger partial charge in [-0.25, -0.2) is 0 Å². The summed E-state index contributed by atoms with van der Waals surface area (Å²) in [5.74, 6) is 1.70. The lowest BCUT2D eigenvalue weighted by atomic mass is 10.2. The van der Waals surface area contributed by atoms with E-state index >= 15 is 0 Å². The van der Waals surface area contributed by atoms with E-state index in [-0.39, 0.29) is 5.91 Å². The van der Waals surface area contributed by atoms with E-state index in [4.69, 9.17) is 4.74 Å². The Bertz CT molecular complexity index is 766. The Morgan fingerprint density at radius 2 is 2.04 bits per heavy atom. The van der Waals surface area contributed by atoms with Gasteiger partial charge < -0.3 is 14.6 Å². The van der Waals surface area contributed by atoms with Gasteiger partial charge in [0.15, 0.2) is 11.0 Å². The zero-order chi connectivity index (χ0) is 19.2. The summed E-state index contributed by atoms with van der Waals surface area (Å²) in [6, 6.07) is 0.339. The number of nitrogens with zero attached hydrogens (tertiary/aromatic N) is 5. The fourth-order valence-corrected chi connectivity index (χ4v) is 4.13. The standard InChI is InChI=1S/C18H28N6O2S/c1-4-23-11-14(17(22-23)26-6-3)16-20-21-18(24(16)5-2)27-12-15(25)19-13-9-7-8-10-13/h11,13H,4-10,12H2,1-3H3,(H,19,25). The molecular formula is C18H28N6O2S. The van der Waals surface area contributed by atoms with Crippen LogP contribution in [0.5, 0.6) is 5.88 Å². The molecule has 0 saturated heterocycles. The molecule has 0 bridgehead atoms. The minimum Gasteiger partial charge on any atom is -0.476 e. The Kier molecular flexibility index (Phi) is 6.76. The molecule has 148 valence electrons. The Hall–Kier alpha value is -2.03. The second-order valence-electron chi connectivity index (χ2n) is 6.52. The molecule has 1 fully saturated rings. The van der Waals surface area contributed by atoms with Crippen LogP contribution in [0, 0.1) is 0 Å². The SMILES string of the molecule is CCOc1nn(CC)cc1-c1nnc(SCC(=O)NC2CCCC2)n1CC. The van der Waals surface area contributed by atoms with E-state index in [1.54, 1.807) is 0 Å². The van der Waals surface area contributed by atoms with Crippen molar-refractivity contribution in [1.29, 1.82) is 0 Å². The van der Waals surface area contributed by atoms with E-state index in [0.717, 1.165) is 35.9 Å². The van der Waals surface area contributed by atoms with Gasteiger partial charge in [-0.15, -0.1) is 15.3 Å². The van der Waals surface area contributed by atoms with Crippen molar-refractivity contribution < 1.29 is 9.53 Å². The number of aryl methyl sites for hydroxylation is 1. The molecule has 1 saturated carbocycles. The Morgan fingerprint density at radius 3 is 2.70 bits per heavy atom. The number of carbonyl (C=O) groups excluding carboxylic acids is 1. The number of rotatable bonds is 9. The monoisotopic (exact) mass is 392 g/mol. The highest BCUT2D eigenvalue weighted by atomic mass is 32.2. The second kappa shape index (κ2) is 9.25. The van der Waals surface area contributed by atoms with Gasteiger partial charge in [0.05, 0.1) is 12.4 Å². The maximum atomic E-state index is 12.2. The van der Waals surface area contributed by atoms with Gasteiger partial charge in [-0.1, -0.05) is 24.6 Å². The van der Waals surface area contributed by atoms with Crippen molar-refractivity contribution >= 4 is 17.7 Å². The molecule has 8 nitrogen and oxygen atoms in total. The maximum absolute atomic E-state index is 12.2. The average molecular weight is 393 g/mol. The largest absolute Gasteiger partial charge is 0.476 e. The van der Waals surface area contributed by atoms with Crippen LogP contribution in [0.1, 0.15) is 46.5 Å². The number of amides is 1. The minimum atomic E-state index is 0.0629. The normalized spacial score (nSPS) is 14.6. The predicted octanol–water partition coefficient (Wildman–Crippen LogP) is 2.73. The molecule has 2 aromatic heterocycles. The van der Waals surface area contributed by atoms with Crippen LogP contribution in [0.25, 0.3) is 11.4 Å². The van der Waals surface area contributed by atoms with E-state index in [0.29, 0.717) is 30.8 Å². The lowest BCUT2D eigenvalue weighted by molar-refractivity contribution is -0.119. The van der Waals surface area contributed by atoms with Crippen molar-refractivity contribution in [2.24, 2.45) is 0 Å². The molecule has 2 aromatic rings. The summed E-state index contributed by atoms with van der Waals surface area (Å²) in [7, 11) is 0. The van der Waals surface area contributed by atoms with Crippen LogP contribution in [0.3, 0.4) is 0 Å². The van der Waals surface area contributed by atoms with E-state index < -0.39 is 0 Å². The fraction of sp³-hybridized carbons (Fsp3) is 0.667. The summed E-state index contributed by atoms with van der Waals surface area (Å²) in [5, 5.41) is 17.0. The molecule has 1 aliphatic rings. The number of ether oxygens (including phenoxy) is 1. The Labute approximate surface area is 164 Å². The predicted molar refractivity (Wildman–Crippen MR) is 105 cm³/mol. The van der Waals surface area contributed by atoms with E-state index in [1.807, 2.05) is 36.2 Å². The maximum Gasteiger partial charge on any atom is 0.243 e. The van der Waals surface area contributed by atoms with Crippen LogP contribution in [-0.4, -0.2) is 48.9 Å². The van der Waals surface area contributed by atoms with E-state index in [2.05, 4.69) is 20.6 Å². The second-order valence-corrected chi connectivity index (χ2v) is 7.47. The summed E-state index contributed by atoms with van der Waals surface area (Å²) in [6.45, 7) is 8.00. The smallest absolute Gasteiger partial charge is 0.243 e. The Balaban J connectivity index is 1.73. The van der Waals surface area contributed by atoms with Gasteiger partial charge in [-0.3, -0.25) is 9.48 Å². The van der Waals surface area contributed by atoms with Crippen LogP contribution < -0.4 is 10.1 Å². The molecule has 9 heteroatoms. The molecule has 3 rings (SSSR count). The summed E-state index contributed by atoms with van der Waals surface area (Å²) >= 11 is 1.42. The van der Waals surface area contributed by atoms with Gasteiger partial charge in [0, 0.05) is 25.3 Å². The van der Waals surface area contributed by atoms with Gasteiger partial charge >= 0.3 is 0 Å². The number of hydrogen-bond acceptors (Lipinski definition) is 6. The number of thioether (sulfide) groups is 1. The summed E-state index contributed by atoms with van der Waals surface area (Å²) in [4.78, 5) is 12.2. The molecule has 1 amide bonds. The number of nitrogens with one attached hydrogen (secondary N) is 1. The van der Waals surface area contributed by atoms with Gasteiger partial charge in [-0.2, -0.15) is 0 Å². The molecule has 1 N–H and O–H groups in total. The summed E-state index contributed by atoms with van der Waals surface area (Å²) < 4.78 is 9.51. The van der Waals surface area contributed by atoms with Gasteiger partial charge in [-0.05, 0) is 33.6 Å². The molecule has 0 aliphatic heterocycles. The van der Waals surface area contributed by atoms with Crippen LogP contribution in [-0.2, 0) is 17.9 Å². The third kappa shape index (κ3) is 4.63. The topological polar surface area (TPSA) is 86.9 Å². The highest BCUT2D eigenvalue weighted by Crippen LogP contribution is 2.30. The number of carbonyl (C=O) groups is 1. The first-order valence-corrected chi connectivity index (χ1v) is 10.7. The highest BCUT2D eigenvalue weighted by Gasteiger charge is 2.22. The number of hydrogen-bond donors (Lipinski definition) is 1. The zero-order valence-corrected chi connectivity index (χ0v) is 17.1. The van der Waals surface area contributed by atoms with Crippen molar-refractivity contribution in [3.8, 4) is 17.3 Å². The molecule has 0 atom stereocenters. The molecule has 0 aromatic carbocycles. The lowest BCUT2D eigenvalue weighted by Crippen LogP contribution is -2.33. The van der Waals surface area contributed by atoms with Crippen molar-refractivity contribution in [1.82, 2.24) is 29.9 Å². The van der Waals surface area contributed by atoms with Gasteiger partial charge in [0.1, 0.15) is 5.56 Å². The van der Waals surface area contributed by atoms with Crippen molar-refractivity contribution in [2.75, 3.05) is 12.4 Å². The van der Waals surface area contributed by atoms with E-state index in [1.165, 1.54) is 24.6 Å². The van der Waals surface area contributed by atoms with Crippen LogP contribution in [0.4, 0.5) is 0 Å². The van der Waals surface area contributed by atoms with Crippen molar-refractivity contribution in [3.05, 3.63) is 6.20 Å². The summed E-state index contributed by atoms with van der Waals surface area (Å²) in [5.41, 5.74) is 0.829. The minimum absolute atomic E-state index is 0.0629. The average Bonchev–Trinajstić information content (AvgIpc) is 3.39. The van der Waals surface area contributed by atoms with Crippen molar-refractivity contribution in [3.63, 3.8) is 0 Å². The number of aromatic nitrogens is 5. The van der Waals surface area contributed by atoms with E-state index in [9.17, 15) is 4.79 Å². The quantitative estimate of drug-likeness (QED) is 0.660. The third-order valence-corrected chi connectivity index (χ3v) is 5.63. The molecule has 0 radical (unpaired) electrons. The fourth-order valence-electron chi connectivity index (χ4n) is 3.31. The lowest BCUT2D eigenvalue weighted by Gasteiger charge is -2.11. The van der Waals surface area contributed by atoms with Crippen LogP contribution >= 0.6 is 11.8 Å². The first kappa shape index (κ1) is 19.7. The van der Waals surface area contributed by atoms with Crippen molar-refractivity contribution in [2.45, 2.75) is 70.7 Å². The highest BCUT2D eigenvalue weighted by molar-refractivity contribution is 7.99. The Morgan fingerprint density at radius 1 is 1.26 bits per heavy atom. The first-order valence-electron chi connectivity index (χ1n) is 9.72. The molecule has 2 heterocycles. The molecule has 0 spiro atoms. The first-order chi connectivity index (χ1) is 13.2. The molecule has 1 aliphatic carbocycles. The summed E-state index contributed by atoms with van der Waals surface area (Å²) in [6.07, 6.45) is 6.53. The van der Waals surface area contributed by atoms with Crippen LogP contribution in [0.2, 0.25) is 0 Å². The third-order valence-electron chi connectivity index (χ3n) is 4.66. The zero-order valence-electron chi connectivity index (χ0n) is 16.3. The molecule has 0 unspecified atom stereocenters. The molecule has 27 heavy (non-hydrogen) atoms. The van der Waals surface area contributed by atoms with Crippen LogP contribution in [0.15, 0.2) is 11.4 Å². The molecular weight excluding hydrogens is 364 g/mol.